The van der Waals surface area contributed by atoms with E-state index in [2.05, 4.69) is 15.0 Å². The molecule has 1 aromatic heterocycles. The van der Waals surface area contributed by atoms with Gasteiger partial charge in [-0.3, -0.25) is 0 Å². The van der Waals surface area contributed by atoms with Crippen molar-refractivity contribution in [3.05, 3.63) is 24.3 Å². The van der Waals surface area contributed by atoms with Crippen LogP contribution in [0, 0.1) is 0 Å². The summed E-state index contributed by atoms with van der Waals surface area (Å²) in [6.45, 7) is 3.37. The second kappa shape index (κ2) is 4.77. The first-order valence-electron chi connectivity index (χ1n) is 6.15. The van der Waals surface area contributed by atoms with Gasteiger partial charge in [-0.15, -0.1) is 5.10 Å². The van der Waals surface area contributed by atoms with E-state index in [0.717, 1.165) is 32.0 Å². The summed E-state index contributed by atoms with van der Waals surface area (Å²) in [6.07, 6.45) is 0. The first kappa shape index (κ1) is 11.8. The van der Waals surface area contributed by atoms with Crippen molar-refractivity contribution < 1.29 is 4.74 Å². The van der Waals surface area contributed by atoms with Crippen LogP contribution in [0.2, 0.25) is 0 Å². The summed E-state index contributed by atoms with van der Waals surface area (Å²) >= 11 is 0. The van der Waals surface area contributed by atoms with E-state index in [4.69, 9.17) is 16.2 Å². The molecule has 0 bridgehead atoms. The number of hydrogen-bond donors (Lipinski definition) is 2. The van der Waals surface area contributed by atoms with Crippen LogP contribution in [0.3, 0.4) is 0 Å². The predicted molar refractivity (Wildman–Crippen MR) is 73.2 cm³/mol. The summed E-state index contributed by atoms with van der Waals surface area (Å²) in [5.74, 6) is 0.464. The Morgan fingerprint density at radius 2 is 1.63 bits per heavy atom. The Morgan fingerprint density at radius 1 is 1.00 bits per heavy atom. The molecule has 1 aliphatic rings. The normalized spacial score (nSPS) is 15.7. The van der Waals surface area contributed by atoms with E-state index in [-0.39, 0.29) is 11.9 Å². The van der Waals surface area contributed by atoms with Crippen LogP contribution in [0.25, 0.3) is 5.69 Å². The molecule has 100 valence electrons. The maximum absolute atomic E-state index is 5.74. The van der Waals surface area contributed by atoms with Gasteiger partial charge in [-0.05, 0) is 24.3 Å². The lowest BCUT2D eigenvalue weighted by molar-refractivity contribution is 0.122. The van der Waals surface area contributed by atoms with Gasteiger partial charge in [-0.1, -0.05) is 0 Å². The summed E-state index contributed by atoms with van der Waals surface area (Å²) in [7, 11) is 0. The number of benzene rings is 1. The van der Waals surface area contributed by atoms with Crippen molar-refractivity contribution in [2.24, 2.45) is 0 Å². The summed E-state index contributed by atoms with van der Waals surface area (Å²) < 4.78 is 6.86. The minimum atomic E-state index is 0.176. The number of nitrogens with two attached hydrogens (primary N) is 2. The zero-order valence-electron chi connectivity index (χ0n) is 10.5. The van der Waals surface area contributed by atoms with E-state index < -0.39 is 0 Å². The lowest BCUT2D eigenvalue weighted by atomic mass is 10.2. The number of morpholine rings is 1. The molecule has 0 aliphatic carbocycles. The van der Waals surface area contributed by atoms with Crippen molar-refractivity contribution in [2.45, 2.75) is 0 Å². The van der Waals surface area contributed by atoms with Crippen LogP contribution in [0.1, 0.15) is 0 Å². The molecule has 4 N–H and O–H groups in total. The third-order valence-electron chi connectivity index (χ3n) is 3.12. The van der Waals surface area contributed by atoms with E-state index in [1.807, 2.05) is 24.3 Å². The lowest BCUT2D eigenvalue weighted by Crippen LogP contribution is -2.36. The molecule has 0 radical (unpaired) electrons. The first-order valence-corrected chi connectivity index (χ1v) is 6.15. The molecule has 7 heteroatoms. The number of nitrogen functional groups attached to an aromatic ring is 2. The highest BCUT2D eigenvalue weighted by Gasteiger charge is 2.12. The van der Waals surface area contributed by atoms with Crippen molar-refractivity contribution in [2.75, 3.05) is 42.7 Å². The number of nitrogens with zero attached hydrogens (tertiary/aromatic N) is 4. The quantitative estimate of drug-likeness (QED) is 0.804. The molecule has 7 nitrogen and oxygen atoms in total. The average Bonchev–Trinajstić information content (AvgIpc) is 2.79. The Labute approximate surface area is 110 Å². The fourth-order valence-corrected chi connectivity index (χ4v) is 2.16. The number of ether oxygens (including phenoxy) is 1. The van der Waals surface area contributed by atoms with Crippen molar-refractivity contribution >= 4 is 17.6 Å². The highest BCUT2D eigenvalue weighted by atomic mass is 16.5. The van der Waals surface area contributed by atoms with Crippen molar-refractivity contribution in [3.8, 4) is 5.69 Å². The largest absolute Gasteiger partial charge is 0.378 e. The molecule has 0 unspecified atom stereocenters. The minimum Gasteiger partial charge on any atom is -0.378 e. The highest BCUT2D eigenvalue weighted by molar-refractivity contribution is 5.52. The maximum Gasteiger partial charge on any atom is 0.241 e. The fraction of sp³-hybridized carbons (Fsp3) is 0.333. The standard InChI is InChI=1S/C12H16N6O/c13-11-15-12(14)18(16-11)10-3-1-9(2-4-10)17-5-7-19-8-6-17/h1-4H,5-8H2,(H4,13,14,15,16). The maximum atomic E-state index is 5.74. The van der Waals surface area contributed by atoms with Gasteiger partial charge < -0.3 is 21.1 Å². The van der Waals surface area contributed by atoms with Gasteiger partial charge >= 0.3 is 0 Å². The van der Waals surface area contributed by atoms with E-state index in [1.165, 1.54) is 10.4 Å². The molecule has 0 saturated carbocycles. The van der Waals surface area contributed by atoms with Gasteiger partial charge in [-0.2, -0.15) is 9.67 Å². The average molecular weight is 260 g/mol. The van der Waals surface area contributed by atoms with E-state index in [1.54, 1.807) is 0 Å². The second-order valence-corrected chi connectivity index (χ2v) is 4.36. The van der Waals surface area contributed by atoms with Gasteiger partial charge in [-0.25, -0.2) is 0 Å². The van der Waals surface area contributed by atoms with Gasteiger partial charge in [0.2, 0.25) is 11.9 Å². The van der Waals surface area contributed by atoms with E-state index in [0.29, 0.717) is 0 Å². The number of hydrogen-bond acceptors (Lipinski definition) is 6. The summed E-state index contributed by atoms with van der Waals surface area (Å²) in [5.41, 5.74) is 13.3. The van der Waals surface area contributed by atoms with E-state index in [9.17, 15) is 0 Å². The second-order valence-electron chi connectivity index (χ2n) is 4.36. The molecule has 19 heavy (non-hydrogen) atoms. The number of aromatic nitrogens is 3. The van der Waals surface area contributed by atoms with Crippen molar-refractivity contribution in [3.63, 3.8) is 0 Å². The SMILES string of the molecule is Nc1nc(N)n(-c2ccc(N3CCOCC3)cc2)n1. The molecule has 1 saturated heterocycles. The Hall–Kier alpha value is -2.28. The van der Waals surface area contributed by atoms with Crippen molar-refractivity contribution in [1.29, 1.82) is 0 Å². The number of anilines is 3. The summed E-state index contributed by atoms with van der Waals surface area (Å²) in [5, 5.41) is 4.05. The molecular weight excluding hydrogens is 244 g/mol. The molecule has 1 fully saturated rings. The minimum absolute atomic E-state index is 0.176. The Bertz CT molecular complexity index is 558. The van der Waals surface area contributed by atoms with Gasteiger partial charge in [0.15, 0.2) is 0 Å². The summed E-state index contributed by atoms with van der Waals surface area (Å²) in [6, 6.07) is 7.99. The van der Waals surface area contributed by atoms with Crippen LogP contribution in [0.15, 0.2) is 24.3 Å². The predicted octanol–water partition coefficient (Wildman–Crippen LogP) is 0.268. The number of rotatable bonds is 2. The smallest absolute Gasteiger partial charge is 0.241 e. The van der Waals surface area contributed by atoms with E-state index >= 15 is 0 Å². The topological polar surface area (TPSA) is 95.2 Å². The van der Waals surface area contributed by atoms with Crippen LogP contribution in [-0.2, 0) is 4.74 Å². The first-order chi connectivity index (χ1) is 9.24. The van der Waals surface area contributed by atoms with Crippen molar-refractivity contribution in [1.82, 2.24) is 14.8 Å². The monoisotopic (exact) mass is 260 g/mol. The molecule has 1 aliphatic heterocycles. The van der Waals surface area contributed by atoms with Crippen LogP contribution in [0.5, 0.6) is 0 Å². The van der Waals surface area contributed by atoms with Crippen LogP contribution >= 0.6 is 0 Å². The van der Waals surface area contributed by atoms with Gasteiger partial charge in [0.1, 0.15) is 0 Å². The molecule has 3 rings (SSSR count). The Balaban J connectivity index is 1.84. The lowest BCUT2D eigenvalue weighted by Gasteiger charge is -2.28. The zero-order valence-corrected chi connectivity index (χ0v) is 10.5. The molecule has 0 atom stereocenters. The molecule has 2 heterocycles. The molecular formula is C12H16N6O. The third-order valence-corrected chi connectivity index (χ3v) is 3.12. The Kier molecular flexibility index (Phi) is 2.96. The molecule has 1 aromatic carbocycles. The summed E-state index contributed by atoms with van der Waals surface area (Å²) in [4.78, 5) is 6.16. The highest BCUT2D eigenvalue weighted by Crippen LogP contribution is 2.19. The van der Waals surface area contributed by atoms with Gasteiger partial charge in [0.05, 0.1) is 18.9 Å². The Morgan fingerprint density at radius 3 is 2.21 bits per heavy atom. The van der Waals surface area contributed by atoms with Gasteiger partial charge in [0, 0.05) is 18.8 Å². The zero-order chi connectivity index (χ0) is 13.2. The molecule has 0 spiro atoms. The van der Waals surface area contributed by atoms with Crippen LogP contribution in [0.4, 0.5) is 17.6 Å². The van der Waals surface area contributed by atoms with Gasteiger partial charge in [0.25, 0.3) is 0 Å². The third kappa shape index (κ3) is 2.32. The van der Waals surface area contributed by atoms with Crippen LogP contribution in [-0.4, -0.2) is 41.1 Å². The molecule has 0 amide bonds. The van der Waals surface area contributed by atoms with Crippen LogP contribution < -0.4 is 16.4 Å². The fourth-order valence-electron chi connectivity index (χ4n) is 2.16. The molecule has 2 aromatic rings.